The van der Waals surface area contributed by atoms with Gasteiger partial charge >= 0.3 is 12.1 Å². The first-order chi connectivity index (χ1) is 11.8. The van der Waals surface area contributed by atoms with Crippen molar-refractivity contribution >= 4 is 12.1 Å². The fourth-order valence-electron chi connectivity index (χ4n) is 1.77. The quantitative estimate of drug-likeness (QED) is 0.282. The molecule has 5 nitrogen and oxygen atoms in total. The highest BCUT2D eigenvalue weighted by Gasteiger charge is 2.33. The van der Waals surface area contributed by atoms with Gasteiger partial charge in [-0.05, 0) is 26.7 Å². The minimum atomic E-state index is -2.38. The second-order valence-corrected chi connectivity index (χ2v) is 6.69. The lowest BCUT2D eigenvalue weighted by molar-refractivity contribution is -0.138. The average molecular weight is 383 g/mol. The monoisotopic (exact) mass is 383 g/mol. The molecule has 0 saturated carbocycles. The molecule has 0 spiro atoms. The van der Waals surface area contributed by atoms with Gasteiger partial charge in [-0.3, -0.25) is 0 Å². The van der Waals surface area contributed by atoms with Crippen LogP contribution in [0.1, 0.15) is 34.6 Å². The summed E-state index contributed by atoms with van der Waals surface area (Å²) in [7, 11) is 0. The summed E-state index contributed by atoms with van der Waals surface area (Å²) in [6.07, 6.45) is -1.02. The molecule has 1 rings (SSSR count). The molecule has 0 aromatic heterocycles. The fraction of sp³-hybridized carbons (Fsp3) is 0.500. The Bertz CT molecular complexity index is 687. The van der Waals surface area contributed by atoms with Crippen molar-refractivity contribution in [2.45, 2.75) is 46.3 Å². The van der Waals surface area contributed by atoms with E-state index < -0.39 is 64.5 Å². The number of halogens is 5. The number of hydrogen-bond acceptors (Lipinski definition) is 4. The Morgan fingerprint density at radius 1 is 0.885 bits per heavy atom. The van der Waals surface area contributed by atoms with Crippen LogP contribution in [0.25, 0.3) is 0 Å². The molecule has 26 heavy (non-hydrogen) atoms. The van der Waals surface area contributed by atoms with Gasteiger partial charge in [0.1, 0.15) is 11.6 Å². The van der Waals surface area contributed by atoms with Gasteiger partial charge in [-0.2, -0.15) is 8.78 Å². The van der Waals surface area contributed by atoms with E-state index in [1.165, 1.54) is 13.8 Å². The molecule has 1 aromatic carbocycles. The fourth-order valence-corrected chi connectivity index (χ4v) is 1.77. The van der Waals surface area contributed by atoms with Gasteiger partial charge in [0.15, 0.2) is 0 Å². The predicted molar refractivity (Wildman–Crippen MR) is 79.9 cm³/mol. The lowest BCUT2D eigenvalue weighted by Crippen LogP contribution is -2.48. The molecule has 0 aliphatic carbocycles. The van der Waals surface area contributed by atoms with E-state index in [1.54, 1.807) is 20.8 Å². The predicted octanol–water partition coefficient (Wildman–Crippen LogP) is 3.84. The summed E-state index contributed by atoms with van der Waals surface area (Å²) in [6.45, 7) is 7.60. The van der Waals surface area contributed by atoms with E-state index >= 15 is 0 Å². The zero-order valence-electron chi connectivity index (χ0n) is 14.7. The third kappa shape index (κ3) is 5.06. The Kier molecular flexibility index (Phi) is 6.56. The number of esters is 1. The highest BCUT2D eigenvalue weighted by atomic mass is 19.2. The minimum absolute atomic E-state index is 0.642. The Hall–Kier alpha value is -2.39. The van der Waals surface area contributed by atoms with Crippen molar-refractivity contribution in [3.8, 4) is 5.75 Å². The van der Waals surface area contributed by atoms with E-state index in [2.05, 4.69) is 10.1 Å². The van der Waals surface area contributed by atoms with Gasteiger partial charge in [0.2, 0.25) is 34.8 Å². The van der Waals surface area contributed by atoms with E-state index in [1.807, 2.05) is 0 Å². The van der Waals surface area contributed by atoms with Gasteiger partial charge < -0.3 is 14.8 Å². The molecule has 1 aromatic rings. The van der Waals surface area contributed by atoms with E-state index in [0.29, 0.717) is 0 Å². The van der Waals surface area contributed by atoms with Crippen molar-refractivity contribution in [1.29, 1.82) is 0 Å². The van der Waals surface area contributed by atoms with E-state index in [0.717, 1.165) is 0 Å². The average Bonchev–Trinajstić information content (AvgIpc) is 2.50. The van der Waals surface area contributed by atoms with Crippen molar-refractivity contribution < 1.29 is 41.0 Å². The molecule has 0 radical (unpaired) electrons. The maximum Gasteiger partial charge on any atom is 0.408 e. The van der Waals surface area contributed by atoms with Gasteiger partial charge in [0.25, 0.3) is 0 Å². The SMILES string of the molecule is CC(C)[C@H](NC(=O)OC(C)(C)C)C(=O)Oc1c(F)c(F)c(F)c(F)c1F. The van der Waals surface area contributed by atoms with Crippen LogP contribution in [0.3, 0.4) is 0 Å². The van der Waals surface area contributed by atoms with Crippen molar-refractivity contribution in [3.63, 3.8) is 0 Å². The molecular formula is C16H18F5NO4. The van der Waals surface area contributed by atoms with Crippen LogP contribution in [-0.4, -0.2) is 23.7 Å². The smallest absolute Gasteiger partial charge is 0.408 e. The Morgan fingerprint density at radius 2 is 1.31 bits per heavy atom. The van der Waals surface area contributed by atoms with Gasteiger partial charge in [-0.1, -0.05) is 13.8 Å². The number of benzene rings is 1. The largest absolute Gasteiger partial charge is 0.444 e. The summed E-state index contributed by atoms with van der Waals surface area (Å²) < 4.78 is 75.8. The number of rotatable bonds is 4. The lowest BCUT2D eigenvalue weighted by atomic mass is 10.1. The topological polar surface area (TPSA) is 64.6 Å². The maximum absolute atomic E-state index is 13.6. The van der Waals surface area contributed by atoms with Crippen molar-refractivity contribution in [2.24, 2.45) is 5.92 Å². The first-order valence-electron chi connectivity index (χ1n) is 7.49. The maximum atomic E-state index is 13.6. The van der Waals surface area contributed by atoms with Gasteiger partial charge in [0.05, 0.1) is 0 Å². The molecule has 1 atom stereocenters. The standard InChI is InChI=1S/C16H18F5NO4/c1-6(2)12(22-15(24)26-16(3,4)5)14(23)25-13-10(20)8(18)7(17)9(19)11(13)21/h6,12H,1-5H3,(H,22,24)/t12-/m0/s1. The molecule has 0 fully saturated rings. The van der Waals surface area contributed by atoms with Crippen LogP contribution in [0.5, 0.6) is 5.75 Å². The van der Waals surface area contributed by atoms with Crippen LogP contribution >= 0.6 is 0 Å². The van der Waals surface area contributed by atoms with Crippen LogP contribution in [0.4, 0.5) is 26.7 Å². The number of hydrogen-bond donors (Lipinski definition) is 1. The molecule has 0 bridgehead atoms. The zero-order valence-corrected chi connectivity index (χ0v) is 14.7. The molecule has 1 N–H and O–H groups in total. The first kappa shape index (κ1) is 21.7. The van der Waals surface area contributed by atoms with Crippen LogP contribution in [-0.2, 0) is 9.53 Å². The van der Waals surface area contributed by atoms with E-state index in [9.17, 15) is 31.5 Å². The second kappa shape index (κ2) is 7.88. The highest BCUT2D eigenvalue weighted by molar-refractivity contribution is 5.83. The summed E-state index contributed by atoms with van der Waals surface area (Å²) in [5.74, 6) is -15.3. The molecule has 0 unspecified atom stereocenters. The van der Waals surface area contributed by atoms with Gasteiger partial charge in [0, 0.05) is 0 Å². The Morgan fingerprint density at radius 3 is 1.69 bits per heavy atom. The normalized spacial score (nSPS) is 12.7. The molecule has 1 amide bonds. The molecule has 0 saturated heterocycles. The number of carbonyl (C=O) groups is 2. The van der Waals surface area contributed by atoms with Crippen molar-refractivity contribution in [1.82, 2.24) is 5.32 Å². The Labute approximate surface area is 146 Å². The van der Waals surface area contributed by atoms with Crippen LogP contribution < -0.4 is 10.1 Å². The zero-order chi connectivity index (χ0) is 20.4. The summed E-state index contributed by atoms with van der Waals surface area (Å²) in [5, 5.41) is 2.13. The van der Waals surface area contributed by atoms with Gasteiger partial charge in [-0.15, -0.1) is 0 Å². The van der Waals surface area contributed by atoms with Crippen molar-refractivity contribution in [2.75, 3.05) is 0 Å². The van der Waals surface area contributed by atoms with Crippen molar-refractivity contribution in [3.05, 3.63) is 29.1 Å². The molecule has 0 aliphatic heterocycles. The first-order valence-corrected chi connectivity index (χ1v) is 7.49. The minimum Gasteiger partial charge on any atom is -0.444 e. The van der Waals surface area contributed by atoms with Crippen LogP contribution in [0.2, 0.25) is 0 Å². The highest BCUT2D eigenvalue weighted by Crippen LogP contribution is 2.29. The van der Waals surface area contributed by atoms with Gasteiger partial charge in [-0.25, -0.2) is 22.8 Å². The number of amides is 1. The van der Waals surface area contributed by atoms with Crippen LogP contribution in [0.15, 0.2) is 0 Å². The number of ether oxygens (including phenoxy) is 2. The van der Waals surface area contributed by atoms with Crippen LogP contribution in [0, 0.1) is 35.0 Å². The molecule has 10 heteroatoms. The third-order valence-corrected chi connectivity index (χ3v) is 2.97. The molecule has 0 heterocycles. The summed E-state index contributed by atoms with van der Waals surface area (Å²) in [6, 6.07) is -1.46. The summed E-state index contributed by atoms with van der Waals surface area (Å²) in [5.41, 5.74) is -0.892. The van der Waals surface area contributed by atoms with E-state index in [4.69, 9.17) is 4.74 Å². The Balaban J connectivity index is 3.08. The number of nitrogens with one attached hydrogen (secondary N) is 1. The molecule has 0 aliphatic rings. The third-order valence-electron chi connectivity index (χ3n) is 2.97. The molecular weight excluding hydrogens is 365 g/mol. The molecule has 146 valence electrons. The number of carbonyl (C=O) groups excluding carboxylic acids is 2. The summed E-state index contributed by atoms with van der Waals surface area (Å²) in [4.78, 5) is 23.9. The van der Waals surface area contributed by atoms with E-state index in [-0.39, 0.29) is 0 Å². The lowest BCUT2D eigenvalue weighted by Gasteiger charge is -2.24. The number of alkyl carbamates (subject to hydrolysis) is 1. The second-order valence-electron chi connectivity index (χ2n) is 6.69. The summed E-state index contributed by atoms with van der Waals surface area (Å²) >= 11 is 0.